The molecule has 3 heterocycles. The Kier molecular flexibility index (Phi) is 10.0. The molecule has 1 aromatic carbocycles. The number of rotatable bonds is 10. The summed E-state index contributed by atoms with van der Waals surface area (Å²) in [7, 11) is 0. The molecule has 0 saturated carbocycles. The maximum Gasteiger partial charge on any atom is 0.270 e. The molecular formula is C30H36FN5O2S2. The van der Waals surface area contributed by atoms with Crippen LogP contribution < -0.4 is 15.4 Å². The van der Waals surface area contributed by atoms with Gasteiger partial charge in [-0.2, -0.15) is 5.26 Å². The van der Waals surface area contributed by atoms with Gasteiger partial charge in [-0.3, -0.25) is 19.1 Å². The number of halogens is 1. The zero-order valence-corrected chi connectivity index (χ0v) is 25.0. The lowest BCUT2D eigenvalue weighted by Crippen LogP contribution is -2.48. The summed E-state index contributed by atoms with van der Waals surface area (Å²) >= 11 is 6.85. The van der Waals surface area contributed by atoms with Gasteiger partial charge in [-0.15, -0.1) is 0 Å². The molecule has 7 nitrogen and oxygen atoms in total. The Morgan fingerprint density at radius 1 is 1.00 bits per heavy atom. The first-order valence-corrected chi connectivity index (χ1v) is 15.2. The van der Waals surface area contributed by atoms with Gasteiger partial charge in [0.05, 0.1) is 4.91 Å². The van der Waals surface area contributed by atoms with Gasteiger partial charge < -0.3 is 9.80 Å². The number of thioether (sulfide) groups is 1. The van der Waals surface area contributed by atoms with Crippen molar-refractivity contribution >= 4 is 51.8 Å². The smallest absolute Gasteiger partial charge is 0.270 e. The number of piperazine rings is 1. The Morgan fingerprint density at radius 2 is 1.68 bits per heavy atom. The van der Waals surface area contributed by atoms with Gasteiger partial charge in [0.25, 0.3) is 11.5 Å². The molecule has 0 unspecified atom stereocenters. The molecule has 2 aliphatic heterocycles. The van der Waals surface area contributed by atoms with Crippen LogP contribution in [0.2, 0.25) is 0 Å². The number of pyridine rings is 1. The zero-order valence-electron chi connectivity index (χ0n) is 23.4. The summed E-state index contributed by atoms with van der Waals surface area (Å²) < 4.78 is 15.7. The predicted molar refractivity (Wildman–Crippen MR) is 165 cm³/mol. The van der Waals surface area contributed by atoms with Gasteiger partial charge in [0, 0.05) is 50.5 Å². The zero-order chi connectivity index (χ0) is 28.8. The number of unbranched alkanes of at least 4 members (excludes halogenated alkanes) is 3. The fourth-order valence-corrected chi connectivity index (χ4v) is 6.56. The van der Waals surface area contributed by atoms with Crippen molar-refractivity contribution in [3.63, 3.8) is 0 Å². The summed E-state index contributed by atoms with van der Waals surface area (Å²) in [4.78, 5) is 33.4. The highest BCUT2D eigenvalue weighted by Crippen LogP contribution is 2.36. The standard InChI is InChI=1S/C30H36FN5O2S2/c1-4-6-7-8-14-36-29(38)26(40-30(36)39)19-24-21(3)25(20-32)28(37)35(13-5-2)27(24)34-17-15-33(16-18-34)23-11-9-22(31)10-12-23/h9-12,19H,4-8,13-18H2,1-3H3/b26-19-. The first kappa shape index (κ1) is 29.8. The van der Waals surface area contributed by atoms with Crippen molar-refractivity contribution in [3.05, 3.63) is 62.0 Å². The van der Waals surface area contributed by atoms with Gasteiger partial charge >= 0.3 is 0 Å². The van der Waals surface area contributed by atoms with E-state index in [2.05, 4.69) is 22.8 Å². The largest absolute Gasteiger partial charge is 0.368 e. The van der Waals surface area contributed by atoms with Crippen LogP contribution in [-0.2, 0) is 11.3 Å². The molecule has 0 radical (unpaired) electrons. The fourth-order valence-electron chi connectivity index (χ4n) is 5.26. The van der Waals surface area contributed by atoms with Crippen LogP contribution in [0.3, 0.4) is 0 Å². The number of carbonyl (C=O) groups is 1. The van der Waals surface area contributed by atoms with Crippen LogP contribution in [0.15, 0.2) is 34.0 Å². The second kappa shape index (κ2) is 13.5. The molecule has 4 rings (SSSR count). The molecule has 0 atom stereocenters. The minimum absolute atomic E-state index is 0.100. The van der Waals surface area contributed by atoms with E-state index in [-0.39, 0.29) is 22.8 Å². The SMILES string of the molecule is CCCCCCN1C(=O)/C(=C/c2c(C)c(C#N)c(=O)n(CCC)c2N2CCN(c3ccc(F)cc3)CC2)SC1=S. The molecule has 40 heavy (non-hydrogen) atoms. The lowest BCUT2D eigenvalue weighted by atomic mass is 10.0. The average molecular weight is 582 g/mol. The first-order valence-electron chi connectivity index (χ1n) is 14.0. The van der Waals surface area contributed by atoms with Crippen LogP contribution >= 0.6 is 24.0 Å². The normalized spacial score (nSPS) is 16.8. The van der Waals surface area contributed by atoms with E-state index in [1.54, 1.807) is 28.5 Å². The highest BCUT2D eigenvalue weighted by molar-refractivity contribution is 8.26. The number of thiocarbonyl (C=S) groups is 1. The van der Waals surface area contributed by atoms with Crippen molar-refractivity contribution in [1.29, 1.82) is 5.26 Å². The number of carbonyl (C=O) groups excluding carboxylic acids is 1. The number of hydrogen-bond donors (Lipinski definition) is 0. The summed E-state index contributed by atoms with van der Waals surface area (Å²) in [5.74, 6) is 0.343. The predicted octanol–water partition coefficient (Wildman–Crippen LogP) is 5.69. The topological polar surface area (TPSA) is 72.6 Å². The summed E-state index contributed by atoms with van der Waals surface area (Å²) in [6.45, 7) is 9.62. The third kappa shape index (κ3) is 6.26. The number of anilines is 2. The van der Waals surface area contributed by atoms with Gasteiger partial charge in [-0.1, -0.05) is 57.1 Å². The molecule has 212 valence electrons. The molecule has 0 bridgehead atoms. The number of benzene rings is 1. The number of nitrogens with zero attached hydrogens (tertiary/aromatic N) is 5. The second-order valence-electron chi connectivity index (χ2n) is 10.2. The van der Waals surface area contributed by atoms with Gasteiger partial charge in [-0.05, 0) is 55.7 Å². The van der Waals surface area contributed by atoms with Crippen molar-refractivity contribution in [1.82, 2.24) is 9.47 Å². The summed E-state index contributed by atoms with van der Waals surface area (Å²) in [6, 6.07) is 8.59. The molecule has 1 aromatic heterocycles. The average Bonchev–Trinajstić information content (AvgIpc) is 3.22. The number of amides is 1. The van der Waals surface area contributed by atoms with E-state index in [9.17, 15) is 19.2 Å². The Labute approximate surface area is 245 Å². The van der Waals surface area contributed by atoms with E-state index in [1.165, 1.54) is 23.9 Å². The van der Waals surface area contributed by atoms with Gasteiger partial charge in [0.2, 0.25) is 0 Å². The van der Waals surface area contributed by atoms with E-state index in [1.807, 2.05) is 13.0 Å². The molecule has 10 heteroatoms. The first-order chi connectivity index (χ1) is 19.3. The maximum absolute atomic E-state index is 13.5. The van der Waals surface area contributed by atoms with Crippen molar-refractivity contribution < 1.29 is 9.18 Å². The van der Waals surface area contributed by atoms with Crippen LogP contribution in [0.5, 0.6) is 0 Å². The van der Waals surface area contributed by atoms with Gasteiger partial charge in [0.1, 0.15) is 27.6 Å². The lowest BCUT2D eigenvalue weighted by Gasteiger charge is -2.39. The van der Waals surface area contributed by atoms with Gasteiger partial charge in [-0.25, -0.2) is 4.39 Å². The maximum atomic E-state index is 13.5. The van der Waals surface area contributed by atoms with E-state index in [0.29, 0.717) is 59.6 Å². The van der Waals surface area contributed by atoms with E-state index in [0.717, 1.165) is 43.6 Å². The van der Waals surface area contributed by atoms with E-state index < -0.39 is 0 Å². The van der Waals surface area contributed by atoms with Crippen molar-refractivity contribution in [2.75, 3.05) is 42.5 Å². The Bertz CT molecular complexity index is 1390. The monoisotopic (exact) mass is 581 g/mol. The Morgan fingerprint density at radius 3 is 2.30 bits per heavy atom. The summed E-state index contributed by atoms with van der Waals surface area (Å²) in [6.07, 6.45) is 6.73. The third-order valence-electron chi connectivity index (χ3n) is 7.45. The molecule has 2 saturated heterocycles. The van der Waals surface area contributed by atoms with E-state index >= 15 is 0 Å². The van der Waals surface area contributed by atoms with Crippen LogP contribution in [0.4, 0.5) is 15.9 Å². The van der Waals surface area contributed by atoms with Gasteiger partial charge in [0.15, 0.2) is 0 Å². The molecule has 0 N–H and O–H groups in total. The Balaban J connectivity index is 1.71. The highest BCUT2D eigenvalue weighted by Gasteiger charge is 2.33. The number of nitriles is 1. The minimum Gasteiger partial charge on any atom is -0.368 e. The third-order valence-corrected chi connectivity index (χ3v) is 8.83. The molecule has 1 amide bonds. The van der Waals surface area contributed by atoms with Crippen LogP contribution in [0.1, 0.15) is 62.6 Å². The molecule has 0 spiro atoms. The molecule has 2 fully saturated rings. The van der Waals surface area contributed by atoms with E-state index in [4.69, 9.17) is 12.2 Å². The van der Waals surface area contributed by atoms with Crippen LogP contribution in [0, 0.1) is 24.1 Å². The quantitative estimate of drug-likeness (QED) is 0.203. The molecule has 2 aromatic rings. The van der Waals surface area contributed by atoms with Crippen LogP contribution in [0.25, 0.3) is 6.08 Å². The molecule has 0 aliphatic carbocycles. The minimum atomic E-state index is -0.307. The van der Waals surface area contributed by atoms with Crippen molar-refractivity contribution in [2.24, 2.45) is 0 Å². The molecule has 2 aliphatic rings. The second-order valence-corrected chi connectivity index (χ2v) is 11.8. The van der Waals surface area contributed by atoms with Crippen molar-refractivity contribution in [2.45, 2.75) is 59.4 Å². The van der Waals surface area contributed by atoms with Crippen molar-refractivity contribution in [3.8, 4) is 6.07 Å². The summed E-state index contributed by atoms with van der Waals surface area (Å²) in [5, 5.41) is 9.90. The van der Waals surface area contributed by atoms with Crippen LogP contribution in [-0.4, -0.2) is 52.4 Å². The summed E-state index contributed by atoms with van der Waals surface area (Å²) in [5.41, 5.74) is 2.03. The Hall–Kier alpha value is -3.16. The molecular weight excluding hydrogens is 545 g/mol. The lowest BCUT2D eigenvalue weighted by molar-refractivity contribution is -0.122. The number of hydrogen-bond acceptors (Lipinski definition) is 7. The number of aromatic nitrogens is 1. The highest BCUT2D eigenvalue weighted by atomic mass is 32.2. The fraction of sp³-hybridized carbons (Fsp3) is 0.467.